The van der Waals surface area contributed by atoms with Crippen molar-refractivity contribution in [1.82, 2.24) is 9.40 Å². The first-order valence-electron chi connectivity index (χ1n) is 6.68. The molecule has 2 rings (SSSR count). The molecule has 22 heavy (non-hydrogen) atoms. The molecule has 5 nitrogen and oxygen atoms in total. The van der Waals surface area contributed by atoms with Crippen LogP contribution in [0, 0.1) is 10.9 Å². The van der Waals surface area contributed by atoms with Crippen molar-refractivity contribution in [2.45, 2.75) is 32.2 Å². The van der Waals surface area contributed by atoms with E-state index in [1.165, 1.54) is 23.5 Å². The number of benzene rings is 1. The average molecular weight is 356 g/mol. The van der Waals surface area contributed by atoms with Crippen molar-refractivity contribution in [3.05, 3.63) is 44.9 Å². The van der Waals surface area contributed by atoms with Crippen molar-refractivity contribution in [3.63, 3.8) is 0 Å². The van der Waals surface area contributed by atoms with Gasteiger partial charge in [0.15, 0.2) is 3.95 Å². The first kappa shape index (κ1) is 16.9. The summed E-state index contributed by atoms with van der Waals surface area (Å²) in [6.07, 6.45) is 0. The summed E-state index contributed by atoms with van der Waals surface area (Å²) in [5, 5.41) is 4.02. The Morgan fingerprint density at radius 2 is 2.00 bits per heavy atom. The molecule has 0 saturated heterocycles. The molecule has 1 heterocycles. The molecule has 0 saturated carbocycles. The van der Waals surface area contributed by atoms with Crippen LogP contribution in [0.15, 0.2) is 40.3 Å². The minimum absolute atomic E-state index is 0.182. The van der Waals surface area contributed by atoms with Gasteiger partial charge in [0.05, 0.1) is 15.5 Å². The molecule has 0 amide bonds. The number of hydrogen-bond donors (Lipinski definition) is 1. The van der Waals surface area contributed by atoms with Crippen LogP contribution < -0.4 is 4.83 Å². The molecule has 1 aromatic carbocycles. The standard InChI is InChI=1S/C14H17N3O2S3/c1-4-17-11(3)13(21-14(17)20)10(2)15-16-22(18,19)12-8-6-5-7-9-12/h5-9,16H,4H2,1-3H3/b15-10+. The Hall–Kier alpha value is -1.51. The average Bonchev–Trinajstić information content (AvgIpc) is 2.80. The zero-order valence-corrected chi connectivity index (χ0v) is 15.0. The highest BCUT2D eigenvalue weighted by molar-refractivity contribution is 7.89. The van der Waals surface area contributed by atoms with Gasteiger partial charge in [-0.25, -0.2) is 0 Å². The highest BCUT2D eigenvalue weighted by atomic mass is 32.2. The third kappa shape index (κ3) is 3.45. The molecule has 0 radical (unpaired) electrons. The highest BCUT2D eigenvalue weighted by Gasteiger charge is 2.14. The van der Waals surface area contributed by atoms with Gasteiger partial charge in [0.25, 0.3) is 10.0 Å². The number of thiazole rings is 1. The van der Waals surface area contributed by atoms with Gasteiger partial charge in [0.1, 0.15) is 0 Å². The van der Waals surface area contributed by atoms with Gasteiger partial charge in [-0.05, 0) is 45.1 Å². The van der Waals surface area contributed by atoms with Crippen molar-refractivity contribution in [2.75, 3.05) is 0 Å². The molecule has 118 valence electrons. The fourth-order valence-corrected chi connectivity index (χ4v) is 4.41. The van der Waals surface area contributed by atoms with Gasteiger partial charge in [0, 0.05) is 12.2 Å². The van der Waals surface area contributed by atoms with Crippen LogP contribution >= 0.6 is 23.6 Å². The van der Waals surface area contributed by atoms with Gasteiger partial charge in [-0.3, -0.25) is 0 Å². The van der Waals surface area contributed by atoms with E-state index in [0.717, 1.165) is 21.1 Å². The Kier molecular flexibility index (Phi) is 5.15. The Morgan fingerprint density at radius 1 is 1.36 bits per heavy atom. The van der Waals surface area contributed by atoms with Crippen molar-refractivity contribution in [2.24, 2.45) is 5.10 Å². The van der Waals surface area contributed by atoms with Gasteiger partial charge in [-0.15, -0.1) is 11.3 Å². The second-order valence-electron chi connectivity index (χ2n) is 4.63. The van der Waals surface area contributed by atoms with E-state index in [1.54, 1.807) is 25.1 Å². The summed E-state index contributed by atoms with van der Waals surface area (Å²) >= 11 is 6.73. The van der Waals surface area contributed by atoms with Crippen LogP contribution in [0.4, 0.5) is 0 Å². The zero-order valence-electron chi connectivity index (χ0n) is 12.5. The van der Waals surface area contributed by atoms with Gasteiger partial charge < -0.3 is 4.57 Å². The summed E-state index contributed by atoms with van der Waals surface area (Å²) in [6, 6.07) is 8.15. The Bertz CT molecular complexity index is 849. The lowest BCUT2D eigenvalue weighted by Crippen LogP contribution is -2.19. The maximum absolute atomic E-state index is 12.1. The van der Waals surface area contributed by atoms with Gasteiger partial charge in [-0.1, -0.05) is 18.2 Å². The lowest BCUT2D eigenvalue weighted by Gasteiger charge is -2.05. The minimum atomic E-state index is -3.65. The Morgan fingerprint density at radius 3 is 2.55 bits per heavy atom. The van der Waals surface area contributed by atoms with Crippen LogP contribution in [0.2, 0.25) is 0 Å². The van der Waals surface area contributed by atoms with E-state index in [-0.39, 0.29) is 4.90 Å². The molecule has 0 fully saturated rings. The number of hydrazone groups is 1. The third-order valence-electron chi connectivity index (χ3n) is 3.18. The lowest BCUT2D eigenvalue weighted by atomic mass is 10.3. The van der Waals surface area contributed by atoms with Gasteiger partial charge in [0.2, 0.25) is 0 Å². The predicted molar refractivity (Wildman–Crippen MR) is 92.5 cm³/mol. The summed E-state index contributed by atoms with van der Waals surface area (Å²) in [5.74, 6) is 0. The minimum Gasteiger partial charge on any atom is -0.327 e. The van der Waals surface area contributed by atoms with E-state index in [9.17, 15) is 8.42 Å². The second-order valence-corrected chi connectivity index (χ2v) is 7.94. The second kappa shape index (κ2) is 6.72. The van der Waals surface area contributed by atoms with E-state index in [2.05, 4.69) is 9.93 Å². The van der Waals surface area contributed by atoms with Gasteiger partial charge in [-0.2, -0.15) is 18.4 Å². The maximum Gasteiger partial charge on any atom is 0.276 e. The van der Waals surface area contributed by atoms with Crippen LogP contribution in [0.3, 0.4) is 0 Å². The highest BCUT2D eigenvalue weighted by Crippen LogP contribution is 2.20. The van der Waals surface area contributed by atoms with Crippen LogP contribution in [0.1, 0.15) is 24.4 Å². The van der Waals surface area contributed by atoms with E-state index in [4.69, 9.17) is 12.2 Å². The van der Waals surface area contributed by atoms with Crippen molar-refractivity contribution >= 4 is 39.3 Å². The van der Waals surface area contributed by atoms with Crippen molar-refractivity contribution in [3.8, 4) is 0 Å². The van der Waals surface area contributed by atoms with E-state index in [0.29, 0.717) is 5.71 Å². The molecule has 0 atom stereocenters. The van der Waals surface area contributed by atoms with E-state index in [1.807, 2.05) is 18.4 Å². The quantitative estimate of drug-likeness (QED) is 0.508. The monoisotopic (exact) mass is 355 g/mol. The molecule has 8 heteroatoms. The summed E-state index contributed by atoms with van der Waals surface area (Å²) in [7, 11) is -3.65. The normalized spacial score (nSPS) is 12.4. The molecule has 0 aliphatic carbocycles. The maximum atomic E-state index is 12.1. The third-order valence-corrected chi connectivity index (χ3v) is 6.06. The predicted octanol–water partition coefficient (Wildman–Crippen LogP) is 3.31. The van der Waals surface area contributed by atoms with E-state index < -0.39 is 10.0 Å². The Balaban J connectivity index is 2.29. The molecule has 2 aromatic rings. The molecule has 1 aromatic heterocycles. The van der Waals surface area contributed by atoms with Crippen LogP contribution in [0.25, 0.3) is 0 Å². The fourth-order valence-electron chi connectivity index (χ4n) is 2.01. The molecule has 0 unspecified atom stereocenters. The molecule has 1 N–H and O–H groups in total. The lowest BCUT2D eigenvalue weighted by molar-refractivity contribution is 0.584. The Labute approximate surface area is 139 Å². The van der Waals surface area contributed by atoms with Crippen LogP contribution in [0.5, 0.6) is 0 Å². The number of nitrogens with one attached hydrogen (secondary N) is 1. The number of nitrogens with zero attached hydrogens (tertiary/aromatic N) is 2. The molecule has 0 spiro atoms. The number of aromatic nitrogens is 1. The van der Waals surface area contributed by atoms with Crippen molar-refractivity contribution < 1.29 is 8.42 Å². The fraction of sp³-hybridized carbons (Fsp3) is 0.286. The van der Waals surface area contributed by atoms with Crippen LogP contribution in [-0.2, 0) is 16.6 Å². The molecular formula is C14H17N3O2S3. The molecule has 0 aliphatic heterocycles. The zero-order chi connectivity index (χ0) is 16.3. The van der Waals surface area contributed by atoms with E-state index >= 15 is 0 Å². The SMILES string of the molecule is CCn1c(C)c(/C(C)=N/NS(=O)(=O)c2ccccc2)sc1=S. The number of hydrogen-bond acceptors (Lipinski definition) is 5. The summed E-state index contributed by atoms with van der Waals surface area (Å²) in [4.78, 5) is 3.34. The topological polar surface area (TPSA) is 63.5 Å². The molecule has 0 aliphatic rings. The first-order chi connectivity index (χ1) is 10.4. The first-order valence-corrected chi connectivity index (χ1v) is 9.39. The largest absolute Gasteiger partial charge is 0.327 e. The summed E-state index contributed by atoms with van der Waals surface area (Å²) in [6.45, 7) is 6.52. The number of sulfonamides is 1. The van der Waals surface area contributed by atoms with Crippen molar-refractivity contribution in [1.29, 1.82) is 0 Å². The smallest absolute Gasteiger partial charge is 0.276 e. The molecular weight excluding hydrogens is 338 g/mol. The summed E-state index contributed by atoms with van der Waals surface area (Å²) < 4.78 is 27.0. The van der Waals surface area contributed by atoms with Crippen LogP contribution in [-0.4, -0.2) is 18.7 Å². The van der Waals surface area contributed by atoms with Gasteiger partial charge >= 0.3 is 0 Å². The summed E-state index contributed by atoms with van der Waals surface area (Å²) in [5.41, 5.74) is 1.60. The molecule has 0 bridgehead atoms. The number of rotatable bonds is 5.